The molecule has 0 radical (unpaired) electrons. The van der Waals surface area contributed by atoms with Crippen molar-refractivity contribution in [1.82, 2.24) is 10.2 Å². The third-order valence-corrected chi connectivity index (χ3v) is 5.75. The second kappa shape index (κ2) is 9.20. The van der Waals surface area contributed by atoms with E-state index < -0.39 is 17.9 Å². The van der Waals surface area contributed by atoms with Gasteiger partial charge in [0.1, 0.15) is 6.04 Å². The highest BCUT2D eigenvalue weighted by molar-refractivity contribution is 6.08. The van der Waals surface area contributed by atoms with Gasteiger partial charge in [-0.05, 0) is 31.5 Å². The predicted octanol–water partition coefficient (Wildman–Crippen LogP) is 2.52. The Hall–Kier alpha value is -3.35. The zero-order valence-corrected chi connectivity index (χ0v) is 18.0. The van der Waals surface area contributed by atoms with Crippen LogP contribution in [0.25, 0.3) is 0 Å². The summed E-state index contributed by atoms with van der Waals surface area (Å²) in [4.78, 5) is 34.8. The lowest BCUT2D eigenvalue weighted by Gasteiger charge is -2.39. The zero-order valence-electron chi connectivity index (χ0n) is 18.0. The van der Waals surface area contributed by atoms with Crippen molar-refractivity contribution in [1.29, 1.82) is 0 Å². The van der Waals surface area contributed by atoms with Gasteiger partial charge in [0.05, 0.1) is 6.61 Å². The van der Waals surface area contributed by atoms with Crippen LogP contribution in [0, 0.1) is 12.8 Å². The molecule has 2 aromatic rings. The first-order chi connectivity index (χ1) is 15.1. The molecule has 31 heavy (non-hydrogen) atoms. The van der Waals surface area contributed by atoms with Gasteiger partial charge < -0.3 is 14.5 Å². The van der Waals surface area contributed by atoms with Gasteiger partial charge in [-0.25, -0.2) is 4.99 Å². The van der Waals surface area contributed by atoms with Crippen LogP contribution in [0.1, 0.15) is 24.1 Å². The minimum atomic E-state index is -0.989. The largest absolute Gasteiger partial charge is 0.465 e. The minimum Gasteiger partial charge on any atom is -0.465 e. The Morgan fingerprint density at radius 1 is 1.03 bits per heavy atom. The molecule has 2 unspecified atom stereocenters. The Labute approximate surface area is 182 Å². The van der Waals surface area contributed by atoms with Crippen LogP contribution in [-0.4, -0.2) is 55.5 Å². The van der Waals surface area contributed by atoms with Crippen LogP contribution in [0.3, 0.4) is 0 Å². The number of nitrogens with zero attached hydrogens (tertiary/aromatic N) is 3. The summed E-state index contributed by atoms with van der Waals surface area (Å²) in [6, 6.07) is 17.5. The van der Waals surface area contributed by atoms with Crippen LogP contribution in [0.15, 0.2) is 59.6 Å². The molecule has 2 heterocycles. The second-order valence-electron chi connectivity index (χ2n) is 7.84. The Balaban J connectivity index is 1.56. The number of carbonyl (C=O) groups is 2. The van der Waals surface area contributed by atoms with Gasteiger partial charge in [0.25, 0.3) is 0 Å². The standard InChI is InChI=1S/C24H28N4O3/c1-3-31-23(30)20-21(18-11-9-17(2)10-12-18)25-24(26-22(20)29)28-15-13-27(14-16-28)19-7-5-4-6-8-19/h4-12,20-21H,3,13-16H2,1-2H3,(H,25,26,29). The summed E-state index contributed by atoms with van der Waals surface area (Å²) in [5, 5.41) is 2.86. The van der Waals surface area contributed by atoms with Crippen molar-refractivity contribution in [2.24, 2.45) is 10.9 Å². The average molecular weight is 421 g/mol. The summed E-state index contributed by atoms with van der Waals surface area (Å²) >= 11 is 0. The van der Waals surface area contributed by atoms with Gasteiger partial charge in [0.2, 0.25) is 11.9 Å². The van der Waals surface area contributed by atoms with E-state index in [1.54, 1.807) is 6.92 Å². The molecule has 0 aromatic heterocycles. The second-order valence-corrected chi connectivity index (χ2v) is 7.84. The molecule has 7 heteroatoms. The van der Waals surface area contributed by atoms with Crippen LogP contribution in [-0.2, 0) is 14.3 Å². The Morgan fingerprint density at radius 2 is 1.68 bits per heavy atom. The molecule has 0 aliphatic carbocycles. The van der Waals surface area contributed by atoms with Crippen molar-refractivity contribution < 1.29 is 14.3 Å². The molecule has 7 nitrogen and oxygen atoms in total. The number of aliphatic imine (C=N–C) groups is 1. The monoisotopic (exact) mass is 420 g/mol. The minimum absolute atomic E-state index is 0.223. The summed E-state index contributed by atoms with van der Waals surface area (Å²) in [5.41, 5.74) is 3.13. The predicted molar refractivity (Wildman–Crippen MR) is 120 cm³/mol. The van der Waals surface area contributed by atoms with Gasteiger partial charge in [-0.2, -0.15) is 0 Å². The number of rotatable bonds is 4. The highest BCUT2D eigenvalue weighted by Crippen LogP contribution is 2.31. The fourth-order valence-electron chi connectivity index (χ4n) is 4.04. The summed E-state index contributed by atoms with van der Waals surface area (Å²) < 4.78 is 5.18. The molecule has 1 N–H and O–H groups in total. The number of piperazine rings is 1. The van der Waals surface area contributed by atoms with Crippen molar-refractivity contribution in [2.75, 3.05) is 37.7 Å². The molecule has 0 saturated carbocycles. The molecule has 2 aromatic carbocycles. The van der Waals surface area contributed by atoms with E-state index in [4.69, 9.17) is 9.73 Å². The van der Waals surface area contributed by atoms with Crippen molar-refractivity contribution in [3.8, 4) is 0 Å². The molecular formula is C24H28N4O3. The average Bonchev–Trinajstić information content (AvgIpc) is 2.80. The first-order valence-electron chi connectivity index (χ1n) is 10.7. The molecule has 4 rings (SSSR count). The molecular weight excluding hydrogens is 392 g/mol. The number of aryl methyl sites for hydroxylation is 1. The lowest BCUT2D eigenvalue weighted by Crippen LogP contribution is -2.57. The normalized spacial score (nSPS) is 21.4. The van der Waals surface area contributed by atoms with Crippen LogP contribution in [0.4, 0.5) is 5.69 Å². The van der Waals surface area contributed by atoms with Crippen molar-refractivity contribution in [3.63, 3.8) is 0 Å². The third-order valence-electron chi connectivity index (χ3n) is 5.75. The van der Waals surface area contributed by atoms with E-state index in [1.807, 2.05) is 49.4 Å². The third kappa shape index (κ3) is 4.55. The fraction of sp³-hybridized carbons (Fsp3) is 0.375. The van der Waals surface area contributed by atoms with Gasteiger partial charge in [-0.1, -0.05) is 48.0 Å². The van der Waals surface area contributed by atoms with E-state index in [1.165, 1.54) is 5.69 Å². The van der Waals surface area contributed by atoms with E-state index in [2.05, 4.69) is 27.2 Å². The van der Waals surface area contributed by atoms with Gasteiger partial charge in [-0.15, -0.1) is 0 Å². The lowest BCUT2D eigenvalue weighted by atomic mass is 9.91. The van der Waals surface area contributed by atoms with E-state index in [-0.39, 0.29) is 12.5 Å². The number of ether oxygens (including phenoxy) is 1. The van der Waals surface area contributed by atoms with Crippen LogP contribution in [0.2, 0.25) is 0 Å². The zero-order chi connectivity index (χ0) is 21.8. The first kappa shape index (κ1) is 20.9. The fourth-order valence-corrected chi connectivity index (χ4v) is 4.04. The quantitative estimate of drug-likeness (QED) is 0.608. The molecule has 2 atom stereocenters. The van der Waals surface area contributed by atoms with E-state index in [9.17, 15) is 9.59 Å². The number of hydrogen-bond donors (Lipinski definition) is 1. The van der Waals surface area contributed by atoms with Gasteiger partial charge >= 0.3 is 5.97 Å². The number of amides is 1. The van der Waals surface area contributed by atoms with Crippen molar-refractivity contribution in [2.45, 2.75) is 19.9 Å². The van der Waals surface area contributed by atoms with Crippen molar-refractivity contribution >= 4 is 23.5 Å². The number of para-hydroxylation sites is 1. The molecule has 1 saturated heterocycles. The number of guanidine groups is 1. The molecule has 0 spiro atoms. The smallest absolute Gasteiger partial charge is 0.321 e. The number of benzene rings is 2. The SMILES string of the molecule is CCOC(=O)C1C(=O)NC(N2CCN(c3ccccc3)CC2)=NC1c1ccc(C)cc1. The Morgan fingerprint density at radius 3 is 2.32 bits per heavy atom. The molecule has 162 valence electrons. The number of anilines is 1. The maximum absolute atomic E-state index is 13.0. The molecule has 1 fully saturated rings. The highest BCUT2D eigenvalue weighted by Gasteiger charge is 2.42. The van der Waals surface area contributed by atoms with E-state index in [0.717, 1.165) is 37.3 Å². The van der Waals surface area contributed by atoms with Crippen LogP contribution >= 0.6 is 0 Å². The highest BCUT2D eigenvalue weighted by atomic mass is 16.5. The van der Waals surface area contributed by atoms with Crippen LogP contribution in [0.5, 0.6) is 0 Å². The molecule has 1 amide bonds. The lowest BCUT2D eigenvalue weighted by molar-refractivity contribution is -0.153. The Bertz CT molecular complexity index is 951. The molecule has 0 bridgehead atoms. The summed E-state index contributed by atoms with van der Waals surface area (Å²) in [7, 11) is 0. The number of esters is 1. The summed E-state index contributed by atoms with van der Waals surface area (Å²) in [6.07, 6.45) is 0. The summed E-state index contributed by atoms with van der Waals surface area (Å²) in [5.74, 6) is -1.36. The van der Waals surface area contributed by atoms with Gasteiger partial charge in [0, 0.05) is 31.9 Å². The Kier molecular flexibility index (Phi) is 6.21. The van der Waals surface area contributed by atoms with Gasteiger partial charge in [-0.3, -0.25) is 14.9 Å². The van der Waals surface area contributed by atoms with Gasteiger partial charge in [0.15, 0.2) is 5.92 Å². The first-order valence-corrected chi connectivity index (χ1v) is 10.7. The van der Waals surface area contributed by atoms with Crippen molar-refractivity contribution in [3.05, 3.63) is 65.7 Å². The number of nitrogens with one attached hydrogen (secondary N) is 1. The maximum Gasteiger partial charge on any atom is 0.321 e. The van der Waals surface area contributed by atoms with E-state index in [0.29, 0.717) is 5.96 Å². The maximum atomic E-state index is 13.0. The summed E-state index contributed by atoms with van der Waals surface area (Å²) in [6.45, 7) is 7.09. The van der Waals surface area contributed by atoms with Crippen LogP contribution < -0.4 is 10.2 Å². The topological polar surface area (TPSA) is 74.2 Å². The number of hydrogen-bond acceptors (Lipinski definition) is 6. The number of carbonyl (C=O) groups excluding carboxylic acids is 2. The van der Waals surface area contributed by atoms with E-state index >= 15 is 0 Å². The molecule has 2 aliphatic heterocycles. The molecule has 2 aliphatic rings.